The molecule has 128 valence electrons. The predicted octanol–water partition coefficient (Wildman–Crippen LogP) is 0.230. The number of amides is 1. The molecule has 2 saturated heterocycles. The van der Waals surface area contributed by atoms with E-state index in [4.69, 9.17) is 0 Å². The van der Waals surface area contributed by atoms with Gasteiger partial charge < -0.3 is 9.80 Å². The maximum absolute atomic E-state index is 12.4. The van der Waals surface area contributed by atoms with E-state index in [9.17, 15) is 18.5 Å². The largest absolute Gasteiger partial charge is 0.373 e. The first kappa shape index (κ1) is 17.8. The van der Waals surface area contributed by atoms with Gasteiger partial charge in [-0.1, -0.05) is 6.92 Å². The summed E-state index contributed by atoms with van der Waals surface area (Å²) in [6.45, 7) is 5.30. The highest BCUT2D eigenvalue weighted by atomic mass is 32.2. The Kier molecular flexibility index (Phi) is 5.65. The van der Waals surface area contributed by atoms with Crippen molar-refractivity contribution in [2.45, 2.75) is 19.8 Å². The monoisotopic (exact) mass is 340 g/mol. The molecule has 0 aliphatic carbocycles. The second-order valence-corrected chi connectivity index (χ2v) is 8.31. The van der Waals surface area contributed by atoms with Crippen LogP contribution in [0, 0.1) is 17.2 Å². The van der Waals surface area contributed by atoms with Crippen molar-refractivity contribution in [3.63, 3.8) is 0 Å². The maximum Gasteiger partial charge on any atom is 0.266 e. The fourth-order valence-corrected chi connectivity index (χ4v) is 3.69. The summed E-state index contributed by atoms with van der Waals surface area (Å²) in [5, 5.41) is 9.29. The van der Waals surface area contributed by atoms with Crippen molar-refractivity contribution in [2.24, 2.45) is 5.92 Å². The Morgan fingerprint density at radius 2 is 1.70 bits per heavy atom. The van der Waals surface area contributed by atoms with Crippen molar-refractivity contribution in [1.29, 1.82) is 5.26 Å². The van der Waals surface area contributed by atoms with Gasteiger partial charge in [0.2, 0.25) is 10.0 Å². The first-order chi connectivity index (χ1) is 10.8. The normalized spacial score (nSPS) is 22.0. The number of sulfonamides is 1. The van der Waals surface area contributed by atoms with Gasteiger partial charge in [0.25, 0.3) is 5.91 Å². The van der Waals surface area contributed by atoms with Crippen LogP contribution >= 0.6 is 0 Å². The van der Waals surface area contributed by atoms with Gasteiger partial charge in [0, 0.05) is 45.5 Å². The van der Waals surface area contributed by atoms with E-state index in [1.54, 1.807) is 11.1 Å². The molecule has 0 aromatic heterocycles. The molecular formula is C15H24N4O3S. The number of piperidine rings is 1. The van der Waals surface area contributed by atoms with Gasteiger partial charge in [-0.2, -0.15) is 9.57 Å². The number of hydrogen-bond acceptors (Lipinski definition) is 5. The van der Waals surface area contributed by atoms with Crippen LogP contribution < -0.4 is 0 Å². The third-order valence-corrected chi connectivity index (χ3v) is 5.78. The fraction of sp³-hybridized carbons (Fsp3) is 0.733. The van der Waals surface area contributed by atoms with Crippen LogP contribution in [0.4, 0.5) is 0 Å². The van der Waals surface area contributed by atoms with E-state index in [-0.39, 0.29) is 11.5 Å². The Balaban J connectivity index is 1.97. The lowest BCUT2D eigenvalue weighted by Crippen LogP contribution is -2.46. The molecule has 0 aromatic rings. The fourth-order valence-electron chi connectivity index (χ4n) is 2.86. The maximum atomic E-state index is 12.4. The summed E-state index contributed by atoms with van der Waals surface area (Å²) in [4.78, 5) is 16.0. The number of likely N-dealkylation sites (tertiary alicyclic amines) is 1. The second-order valence-electron chi connectivity index (χ2n) is 6.33. The van der Waals surface area contributed by atoms with Crippen LogP contribution in [0.1, 0.15) is 19.8 Å². The van der Waals surface area contributed by atoms with Crippen molar-refractivity contribution in [3.05, 3.63) is 11.8 Å². The molecule has 0 atom stereocenters. The zero-order chi connectivity index (χ0) is 17.0. The Hall–Kier alpha value is -1.59. The Morgan fingerprint density at radius 3 is 2.17 bits per heavy atom. The molecule has 7 nitrogen and oxygen atoms in total. The molecule has 0 N–H and O–H groups in total. The molecule has 8 heteroatoms. The number of nitriles is 1. The molecule has 23 heavy (non-hydrogen) atoms. The van der Waals surface area contributed by atoms with Gasteiger partial charge in [0.15, 0.2) is 0 Å². The smallest absolute Gasteiger partial charge is 0.266 e. The molecule has 2 aliphatic rings. The van der Waals surface area contributed by atoms with E-state index >= 15 is 0 Å². The van der Waals surface area contributed by atoms with E-state index in [0.717, 1.165) is 12.8 Å². The van der Waals surface area contributed by atoms with Gasteiger partial charge >= 0.3 is 0 Å². The highest BCUT2D eigenvalue weighted by Crippen LogP contribution is 2.18. The Bertz CT molecular complexity index is 607. The third kappa shape index (κ3) is 4.69. The number of hydrogen-bond donors (Lipinski definition) is 0. The van der Waals surface area contributed by atoms with E-state index in [1.165, 1.54) is 10.6 Å². The van der Waals surface area contributed by atoms with Crippen molar-refractivity contribution < 1.29 is 13.2 Å². The van der Waals surface area contributed by atoms with Crippen molar-refractivity contribution in [2.75, 3.05) is 45.5 Å². The average Bonchev–Trinajstić information content (AvgIpc) is 2.52. The van der Waals surface area contributed by atoms with E-state index in [2.05, 4.69) is 6.92 Å². The van der Waals surface area contributed by atoms with Crippen LogP contribution in [-0.4, -0.2) is 74.0 Å². The van der Waals surface area contributed by atoms with Crippen LogP contribution in [-0.2, 0) is 14.8 Å². The van der Waals surface area contributed by atoms with Crippen LogP contribution in [0.5, 0.6) is 0 Å². The van der Waals surface area contributed by atoms with Crippen molar-refractivity contribution in [1.82, 2.24) is 14.1 Å². The van der Waals surface area contributed by atoms with Crippen molar-refractivity contribution >= 4 is 15.9 Å². The molecule has 2 rings (SSSR count). The number of carbonyl (C=O) groups is 1. The van der Waals surface area contributed by atoms with Crippen LogP contribution in [0.3, 0.4) is 0 Å². The Morgan fingerprint density at radius 1 is 1.13 bits per heavy atom. The number of rotatable bonds is 3. The van der Waals surface area contributed by atoms with Crippen LogP contribution in [0.15, 0.2) is 11.8 Å². The van der Waals surface area contributed by atoms with Gasteiger partial charge in [-0.05, 0) is 18.8 Å². The highest BCUT2D eigenvalue weighted by Gasteiger charge is 2.26. The molecular weight excluding hydrogens is 316 g/mol. The summed E-state index contributed by atoms with van der Waals surface area (Å²) in [6, 6.07) is 2.00. The van der Waals surface area contributed by atoms with Gasteiger partial charge in [0.05, 0.1) is 6.26 Å². The molecule has 0 aromatic carbocycles. The summed E-state index contributed by atoms with van der Waals surface area (Å²) in [5.41, 5.74) is 0.132. The molecule has 2 heterocycles. The Labute approximate surface area is 138 Å². The minimum atomic E-state index is -3.18. The van der Waals surface area contributed by atoms with E-state index in [0.29, 0.717) is 45.2 Å². The average molecular weight is 340 g/mol. The molecule has 0 saturated carbocycles. The first-order valence-electron chi connectivity index (χ1n) is 7.91. The molecule has 2 aliphatic heterocycles. The van der Waals surface area contributed by atoms with Crippen LogP contribution in [0.2, 0.25) is 0 Å². The number of piperazine rings is 1. The molecule has 2 fully saturated rings. The second kappa shape index (κ2) is 7.32. The zero-order valence-corrected chi connectivity index (χ0v) is 14.5. The quantitative estimate of drug-likeness (QED) is 0.542. The zero-order valence-electron chi connectivity index (χ0n) is 13.7. The number of nitrogens with zero attached hydrogens (tertiary/aromatic N) is 4. The minimum Gasteiger partial charge on any atom is -0.373 e. The van der Waals surface area contributed by atoms with Gasteiger partial charge in [-0.15, -0.1) is 0 Å². The molecule has 0 spiro atoms. The lowest BCUT2D eigenvalue weighted by molar-refractivity contribution is -0.128. The molecule has 0 unspecified atom stereocenters. The summed E-state index contributed by atoms with van der Waals surface area (Å²) in [6.07, 6.45) is 4.72. The van der Waals surface area contributed by atoms with Gasteiger partial charge in [0.1, 0.15) is 11.6 Å². The van der Waals surface area contributed by atoms with E-state index < -0.39 is 10.0 Å². The van der Waals surface area contributed by atoms with Crippen molar-refractivity contribution in [3.8, 4) is 6.07 Å². The molecule has 0 bridgehead atoms. The van der Waals surface area contributed by atoms with Gasteiger partial charge in [-0.25, -0.2) is 8.42 Å². The third-order valence-electron chi connectivity index (χ3n) is 4.48. The number of carbonyl (C=O) groups excluding carboxylic acids is 1. The summed E-state index contributed by atoms with van der Waals surface area (Å²) < 4.78 is 24.4. The highest BCUT2D eigenvalue weighted by molar-refractivity contribution is 7.88. The lowest BCUT2D eigenvalue weighted by Gasteiger charge is -2.33. The predicted molar refractivity (Wildman–Crippen MR) is 86.7 cm³/mol. The molecule has 1 amide bonds. The molecule has 0 radical (unpaired) electrons. The first-order valence-corrected chi connectivity index (χ1v) is 9.76. The summed E-state index contributed by atoms with van der Waals surface area (Å²) in [7, 11) is -3.18. The van der Waals surface area contributed by atoms with Gasteiger partial charge in [-0.3, -0.25) is 4.79 Å². The SMILES string of the molecule is CC1CCN(C(=O)/C(C#N)=C\N2CCN(S(C)(=O)=O)CC2)CC1. The topological polar surface area (TPSA) is 84.7 Å². The lowest BCUT2D eigenvalue weighted by atomic mass is 9.99. The summed E-state index contributed by atoms with van der Waals surface area (Å²) >= 11 is 0. The van der Waals surface area contributed by atoms with E-state index in [1.807, 2.05) is 11.0 Å². The standard InChI is InChI=1S/C15H24N4O3S/c1-13-3-5-18(6-4-13)15(20)14(11-16)12-17-7-9-19(10-8-17)23(2,21)22/h12-13H,3-10H2,1-2H3/b14-12-. The minimum absolute atomic E-state index is 0.132. The summed E-state index contributed by atoms with van der Waals surface area (Å²) in [5.74, 6) is 0.405. The van der Waals surface area contributed by atoms with Crippen LogP contribution in [0.25, 0.3) is 0 Å².